The van der Waals surface area contributed by atoms with Crippen molar-refractivity contribution in [3.63, 3.8) is 0 Å². The molecule has 0 saturated carbocycles. The van der Waals surface area contributed by atoms with Gasteiger partial charge >= 0.3 is 0 Å². The number of methoxy groups -OCH3 is 1. The zero-order valence-corrected chi connectivity index (χ0v) is 9.98. The summed E-state index contributed by atoms with van der Waals surface area (Å²) in [4.78, 5) is 0. The van der Waals surface area contributed by atoms with Crippen LogP contribution in [0.15, 0.2) is 0 Å². The molecular weight excluding hydrogens is 162 g/mol. The molecular formula is C11H25NO. The van der Waals surface area contributed by atoms with E-state index in [0.717, 1.165) is 6.61 Å². The smallest absolute Gasteiger partial charge is 0.0615 e. The van der Waals surface area contributed by atoms with Gasteiger partial charge in [-0.3, -0.25) is 0 Å². The molecule has 0 bridgehead atoms. The predicted molar refractivity (Wildman–Crippen MR) is 58.0 cm³/mol. The molecule has 0 radical (unpaired) electrons. The van der Waals surface area contributed by atoms with E-state index in [9.17, 15) is 0 Å². The predicted octanol–water partition coefficient (Wildman–Crippen LogP) is 2.29. The molecule has 0 spiro atoms. The number of hydrogen-bond acceptors (Lipinski definition) is 2. The lowest BCUT2D eigenvalue weighted by Gasteiger charge is -2.30. The number of nitrogens with one attached hydrogen (secondary N) is 1. The van der Waals surface area contributed by atoms with Crippen molar-refractivity contribution in [1.29, 1.82) is 0 Å². The molecule has 0 rings (SSSR count). The highest BCUT2D eigenvalue weighted by atomic mass is 16.5. The van der Waals surface area contributed by atoms with E-state index in [2.05, 4.69) is 33.0 Å². The van der Waals surface area contributed by atoms with Gasteiger partial charge in [-0.2, -0.15) is 0 Å². The molecule has 2 atom stereocenters. The molecule has 0 aliphatic carbocycles. The number of hydrogen-bond donors (Lipinski definition) is 1. The third-order valence-electron chi connectivity index (χ3n) is 2.89. The van der Waals surface area contributed by atoms with Gasteiger partial charge in [0.1, 0.15) is 0 Å². The molecule has 0 saturated heterocycles. The maximum atomic E-state index is 5.15. The quantitative estimate of drug-likeness (QED) is 0.713. The van der Waals surface area contributed by atoms with E-state index in [4.69, 9.17) is 4.74 Å². The third kappa shape index (κ3) is 5.27. The van der Waals surface area contributed by atoms with Gasteiger partial charge in [0.25, 0.3) is 0 Å². The molecule has 0 aromatic rings. The zero-order chi connectivity index (χ0) is 10.5. The summed E-state index contributed by atoms with van der Waals surface area (Å²) in [6, 6.07) is 0.485. The Morgan fingerprint density at radius 3 is 2.15 bits per heavy atom. The monoisotopic (exact) mass is 187 g/mol. The third-order valence-corrected chi connectivity index (χ3v) is 2.89. The fourth-order valence-corrected chi connectivity index (χ4v) is 1.25. The lowest BCUT2D eigenvalue weighted by molar-refractivity contribution is 0.139. The van der Waals surface area contributed by atoms with Crippen LogP contribution in [0.1, 0.15) is 34.1 Å². The van der Waals surface area contributed by atoms with Crippen molar-refractivity contribution in [3.8, 4) is 0 Å². The minimum atomic E-state index is 0.392. The first-order valence-electron chi connectivity index (χ1n) is 5.08. The molecule has 0 heterocycles. The van der Waals surface area contributed by atoms with E-state index < -0.39 is 0 Å². The summed E-state index contributed by atoms with van der Waals surface area (Å²) in [5, 5.41) is 3.28. The largest absolute Gasteiger partial charge is 0.383 e. The van der Waals surface area contributed by atoms with Crippen molar-refractivity contribution >= 4 is 0 Å². The Morgan fingerprint density at radius 2 is 1.85 bits per heavy atom. The van der Waals surface area contributed by atoms with Crippen molar-refractivity contribution < 1.29 is 4.74 Å². The second-order valence-corrected chi connectivity index (χ2v) is 4.94. The molecule has 0 amide bonds. The van der Waals surface area contributed by atoms with Gasteiger partial charge < -0.3 is 10.1 Å². The van der Waals surface area contributed by atoms with E-state index in [1.165, 1.54) is 6.42 Å². The van der Waals surface area contributed by atoms with E-state index >= 15 is 0 Å². The Kier molecular flexibility index (Phi) is 5.57. The first-order valence-corrected chi connectivity index (χ1v) is 5.08. The molecule has 0 aromatic heterocycles. The van der Waals surface area contributed by atoms with Gasteiger partial charge in [0.15, 0.2) is 0 Å². The van der Waals surface area contributed by atoms with E-state index in [1.54, 1.807) is 7.11 Å². The lowest BCUT2D eigenvalue weighted by Crippen LogP contribution is -2.34. The standard InChI is InChI=1S/C11H25NO/c1-9(11(2,3)4)7-10(12-5)8-13-6/h9-10,12H,7-8H2,1-6H3. The Morgan fingerprint density at radius 1 is 1.31 bits per heavy atom. The van der Waals surface area contributed by atoms with Crippen molar-refractivity contribution in [2.45, 2.75) is 40.2 Å². The highest BCUT2D eigenvalue weighted by Crippen LogP contribution is 2.28. The summed E-state index contributed by atoms with van der Waals surface area (Å²) in [5.41, 5.74) is 0.392. The van der Waals surface area contributed by atoms with Gasteiger partial charge in [0.2, 0.25) is 0 Å². The van der Waals surface area contributed by atoms with Gasteiger partial charge in [-0.05, 0) is 24.8 Å². The summed E-state index contributed by atoms with van der Waals surface area (Å²) >= 11 is 0. The van der Waals surface area contributed by atoms with Gasteiger partial charge in [0.05, 0.1) is 6.61 Å². The molecule has 2 nitrogen and oxygen atoms in total. The average molecular weight is 187 g/mol. The van der Waals surface area contributed by atoms with Crippen molar-refractivity contribution in [2.24, 2.45) is 11.3 Å². The zero-order valence-electron chi connectivity index (χ0n) is 9.98. The second-order valence-electron chi connectivity index (χ2n) is 4.94. The fourth-order valence-electron chi connectivity index (χ4n) is 1.25. The molecule has 2 unspecified atom stereocenters. The van der Waals surface area contributed by atoms with Crippen LogP contribution in [-0.4, -0.2) is 26.8 Å². The minimum Gasteiger partial charge on any atom is -0.383 e. The minimum absolute atomic E-state index is 0.392. The Hall–Kier alpha value is -0.0800. The number of likely N-dealkylation sites (N-methyl/N-ethyl adjacent to an activating group) is 1. The SMILES string of the molecule is CNC(COC)CC(C)C(C)(C)C. The Balaban J connectivity index is 3.93. The van der Waals surface area contributed by atoms with Crippen LogP contribution >= 0.6 is 0 Å². The molecule has 80 valence electrons. The summed E-state index contributed by atoms with van der Waals surface area (Å²) in [6.07, 6.45) is 1.17. The van der Waals surface area contributed by atoms with Crippen LogP contribution in [0.2, 0.25) is 0 Å². The normalized spacial score (nSPS) is 17.1. The van der Waals surface area contributed by atoms with Crippen molar-refractivity contribution in [3.05, 3.63) is 0 Å². The molecule has 0 aromatic carbocycles. The molecule has 13 heavy (non-hydrogen) atoms. The van der Waals surface area contributed by atoms with Gasteiger partial charge in [-0.15, -0.1) is 0 Å². The maximum Gasteiger partial charge on any atom is 0.0615 e. The van der Waals surface area contributed by atoms with Crippen LogP contribution in [0, 0.1) is 11.3 Å². The maximum absolute atomic E-state index is 5.15. The van der Waals surface area contributed by atoms with Crippen LogP contribution < -0.4 is 5.32 Å². The van der Waals surface area contributed by atoms with Crippen LogP contribution in [0.5, 0.6) is 0 Å². The van der Waals surface area contributed by atoms with Crippen LogP contribution in [0.4, 0.5) is 0 Å². The molecule has 0 aliphatic heterocycles. The Labute approximate surface area is 83.1 Å². The molecule has 0 aliphatic rings. The fraction of sp³-hybridized carbons (Fsp3) is 1.00. The van der Waals surface area contributed by atoms with Crippen molar-refractivity contribution in [1.82, 2.24) is 5.32 Å². The van der Waals surface area contributed by atoms with Crippen LogP contribution in [0.25, 0.3) is 0 Å². The van der Waals surface area contributed by atoms with E-state index in [0.29, 0.717) is 17.4 Å². The highest BCUT2D eigenvalue weighted by Gasteiger charge is 2.22. The highest BCUT2D eigenvalue weighted by molar-refractivity contribution is 4.75. The molecule has 2 heteroatoms. The van der Waals surface area contributed by atoms with Crippen LogP contribution in [0.3, 0.4) is 0 Å². The van der Waals surface area contributed by atoms with Crippen molar-refractivity contribution in [2.75, 3.05) is 20.8 Å². The molecule has 1 N–H and O–H groups in total. The van der Waals surface area contributed by atoms with Gasteiger partial charge in [-0.1, -0.05) is 27.7 Å². The van der Waals surface area contributed by atoms with Crippen LogP contribution in [-0.2, 0) is 4.74 Å². The van der Waals surface area contributed by atoms with E-state index in [-0.39, 0.29) is 0 Å². The number of ether oxygens (including phenoxy) is 1. The summed E-state index contributed by atoms with van der Waals surface area (Å²) in [5.74, 6) is 0.708. The first-order chi connectivity index (χ1) is 5.91. The van der Waals surface area contributed by atoms with Gasteiger partial charge in [-0.25, -0.2) is 0 Å². The topological polar surface area (TPSA) is 21.3 Å². The van der Waals surface area contributed by atoms with E-state index in [1.807, 2.05) is 7.05 Å². The second kappa shape index (κ2) is 5.61. The summed E-state index contributed by atoms with van der Waals surface area (Å²) < 4.78 is 5.15. The lowest BCUT2D eigenvalue weighted by atomic mass is 9.78. The Bertz CT molecular complexity index is 129. The summed E-state index contributed by atoms with van der Waals surface area (Å²) in [7, 11) is 3.76. The summed E-state index contributed by atoms with van der Waals surface area (Å²) in [6.45, 7) is 9.97. The van der Waals surface area contributed by atoms with Gasteiger partial charge in [0, 0.05) is 13.2 Å². The molecule has 0 fully saturated rings. The number of rotatable bonds is 5. The first kappa shape index (κ1) is 12.9. The average Bonchev–Trinajstić information content (AvgIpc) is 2.01.